The van der Waals surface area contributed by atoms with Gasteiger partial charge in [0, 0.05) is 36.1 Å². The highest BCUT2D eigenvalue weighted by Gasteiger charge is 2.43. The summed E-state index contributed by atoms with van der Waals surface area (Å²) in [6.45, 7) is 2.31. The summed E-state index contributed by atoms with van der Waals surface area (Å²) in [6.07, 6.45) is 9.10. The molecule has 0 unspecified atom stereocenters. The molecule has 124 valence electrons. The Morgan fingerprint density at radius 2 is 2.25 bits per heavy atom. The normalized spacial score (nSPS) is 15.4. The van der Waals surface area contributed by atoms with E-state index >= 15 is 0 Å². The van der Waals surface area contributed by atoms with E-state index in [1.807, 2.05) is 23.9 Å². The van der Waals surface area contributed by atoms with E-state index in [2.05, 4.69) is 24.8 Å². The van der Waals surface area contributed by atoms with Gasteiger partial charge in [0.15, 0.2) is 0 Å². The molecule has 8 heteroatoms. The monoisotopic (exact) mass is 344 g/mol. The van der Waals surface area contributed by atoms with Crippen LogP contribution in [-0.2, 0) is 6.54 Å². The van der Waals surface area contributed by atoms with Gasteiger partial charge < -0.3 is 5.32 Å². The molecule has 0 spiro atoms. The van der Waals surface area contributed by atoms with Crippen LogP contribution in [0.1, 0.15) is 18.4 Å². The molecule has 3 heterocycles. The van der Waals surface area contributed by atoms with Crippen molar-refractivity contribution in [2.75, 3.05) is 12.0 Å². The van der Waals surface area contributed by atoms with Gasteiger partial charge in [0.2, 0.25) is 5.95 Å². The van der Waals surface area contributed by atoms with Crippen LogP contribution in [0, 0.1) is 12.3 Å². The summed E-state index contributed by atoms with van der Waals surface area (Å²) in [5.41, 5.74) is 2.52. The number of halogens is 1. The Hall–Kier alpha value is -2.35. The van der Waals surface area contributed by atoms with Crippen LogP contribution < -0.4 is 5.32 Å². The van der Waals surface area contributed by atoms with Crippen molar-refractivity contribution in [3.05, 3.63) is 36.4 Å². The second-order valence-electron chi connectivity index (χ2n) is 6.29. The maximum absolute atomic E-state index is 13.1. The van der Waals surface area contributed by atoms with Gasteiger partial charge in [0.05, 0.1) is 18.6 Å². The minimum atomic E-state index is -0.280. The fourth-order valence-corrected chi connectivity index (χ4v) is 3.11. The molecule has 0 bridgehead atoms. The summed E-state index contributed by atoms with van der Waals surface area (Å²) >= 11 is 1.35. The largest absolute Gasteiger partial charge is 0.314 e. The van der Waals surface area contributed by atoms with Crippen LogP contribution in [0.2, 0.25) is 0 Å². The molecule has 0 aromatic carbocycles. The minimum Gasteiger partial charge on any atom is -0.314 e. The number of anilines is 2. The topological polar surface area (TPSA) is 68.5 Å². The van der Waals surface area contributed by atoms with Gasteiger partial charge in [0.1, 0.15) is 5.00 Å². The molecule has 0 aliphatic heterocycles. The van der Waals surface area contributed by atoms with E-state index in [1.54, 1.807) is 18.6 Å². The Kier molecular flexibility index (Phi) is 3.76. The number of nitrogens with zero attached hydrogens (tertiary/aromatic N) is 5. The van der Waals surface area contributed by atoms with Crippen molar-refractivity contribution < 1.29 is 4.39 Å². The number of hydrogen-bond donors (Lipinski definition) is 1. The van der Waals surface area contributed by atoms with Crippen molar-refractivity contribution in [1.29, 1.82) is 0 Å². The summed E-state index contributed by atoms with van der Waals surface area (Å²) in [5, 5.41) is 8.40. The number of alkyl halides is 1. The van der Waals surface area contributed by atoms with Gasteiger partial charge in [-0.2, -0.15) is 9.47 Å². The molecule has 0 amide bonds. The molecule has 0 atom stereocenters. The van der Waals surface area contributed by atoms with Crippen LogP contribution in [0.15, 0.2) is 30.9 Å². The van der Waals surface area contributed by atoms with Gasteiger partial charge in [0.25, 0.3) is 0 Å². The highest BCUT2D eigenvalue weighted by molar-refractivity contribution is 7.10. The maximum atomic E-state index is 13.1. The molecule has 3 aromatic rings. The molecule has 1 fully saturated rings. The van der Waals surface area contributed by atoms with Crippen molar-refractivity contribution in [3.63, 3.8) is 0 Å². The Morgan fingerprint density at radius 1 is 1.38 bits per heavy atom. The Balaban J connectivity index is 1.58. The van der Waals surface area contributed by atoms with Gasteiger partial charge >= 0.3 is 0 Å². The lowest BCUT2D eigenvalue weighted by atomic mass is 10.1. The molecule has 24 heavy (non-hydrogen) atoms. The van der Waals surface area contributed by atoms with Crippen LogP contribution in [-0.4, -0.2) is 30.8 Å². The quantitative estimate of drug-likeness (QED) is 0.740. The summed E-state index contributed by atoms with van der Waals surface area (Å²) in [7, 11) is 0. The molecule has 1 aliphatic carbocycles. The maximum Gasteiger partial charge on any atom is 0.228 e. The number of rotatable bonds is 6. The lowest BCUT2D eigenvalue weighted by molar-refractivity contribution is 0.294. The van der Waals surface area contributed by atoms with Gasteiger partial charge in [-0.05, 0) is 42.9 Å². The summed E-state index contributed by atoms with van der Waals surface area (Å²) in [4.78, 5) is 8.90. The smallest absolute Gasteiger partial charge is 0.228 e. The second-order valence-corrected chi connectivity index (χ2v) is 7.12. The van der Waals surface area contributed by atoms with Crippen LogP contribution in [0.4, 0.5) is 15.3 Å². The standard InChI is InChI=1S/C16H17FN6S/c1-11-6-18-15(21-13-2-5-20-24-13)22-14(11)12-7-19-23(8-12)10-16(9-17)3-4-16/h2,5-8H,3-4,9-10H2,1H3,(H,18,21,22). The lowest BCUT2D eigenvalue weighted by Crippen LogP contribution is -2.13. The van der Waals surface area contributed by atoms with Gasteiger partial charge in [-0.1, -0.05) is 0 Å². The van der Waals surface area contributed by atoms with Crippen LogP contribution >= 0.6 is 11.5 Å². The summed E-state index contributed by atoms with van der Waals surface area (Å²) < 4.78 is 18.9. The van der Waals surface area contributed by atoms with Crippen molar-refractivity contribution in [3.8, 4) is 11.3 Å². The number of nitrogens with one attached hydrogen (secondary N) is 1. The van der Waals surface area contributed by atoms with E-state index in [4.69, 9.17) is 0 Å². The molecule has 0 radical (unpaired) electrons. The SMILES string of the molecule is Cc1cnc(Nc2ccns2)nc1-c1cnn(CC2(CF)CC2)c1. The van der Waals surface area contributed by atoms with E-state index < -0.39 is 0 Å². The predicted octanol–water partition coefficient (Wildman–Crippen LogP) is 3.60. The fraction of sp³-hybridized carbons (Fsp3) is 0.375. The zero-order valence-electron chi connectivity index (χ0n) is 13.2. The molecule has 1 saturated carbocycles. The summed E-state index contributed by atoms with van der Waals surface area (Å²) in [6, 6.07) is 1.87. The molecular weight excluding hydrogens is 327 g/mol. The number of aryl methyl sites for hydroxylation is 1. The van der Waals surface area contributed by atoms with Gasteiger partial charge in [-0.15, -0.1) is 0 Å². The number of hydrogen-bond acceptors (Lipinski definition) is 6. The molecule has 1 N–H and O–H groups in total. The van der Waals surface area contributed by atoms with Crippen molar-refractivity contribution in [2.24, 2.45) is 5.41 Å². The third-order valence-corrected chi connectivity index (χ3v) is 4.95. The Bertz CT molecular complexity index is 840. The first-order valence-electron chi connectivity index (χ1n) is 7.78. The average Bonchev–Trinajstić information content (AvgIpc) is 2.97. The van der Waals surface area contributed by atoms with Crippen LogP contribution in [0.5, 0.6) is 0 Å². The van der Waals surface area contributed by atoms with Crippen molar-refractivity contribution >= 4 is 22.5 Å². The molecule has 4 rings (SSSR count). The average molecular weight is 344 g/mol. The predicted molar refractivity (Wildman–Crippen MR) is 91.0 cm³/mol. The third kappa shape index (κ3) is 3.01. The lowest BCUT2D eigenvalue weighted by Gasteiger charge is -2.09. The number of aromatic nitrogens is 5. The second kappa shape index (κ2) is 5.94. The van der Waals surface area contributed by atoms with E-state index in [9.17, 15) is 4.39 Å². The zero-order valence-corrected chi connectivity index (χ0v) is 14.1. The van der Waals surface area contributed by atoms with Crippen LogP contribution in [0.25, 0.3) is 11.3 Å². The molecule has 0 saturated heterocycles. The van der Waals surface area contributed by atoms with E-state index in [-0.39, 0.29) is 12.1 Å². The van der Waals surface area contributed by atoms with Crippen LogP contribution in [0.3, 0.4) is 0 Å². The van der Waals surface area contributed by atoms with E-state index in [1.165, 1.54) is 11.5 Å². The Morgan fingerprint density at radius 3 is 2.96 bits per heavy atom. The van der Waals surface area contributed by atoms with E-state index in [0.29, 0.717) is 12.5 Å². The first-order valence-corrected chi connectivity index (χ1v) is 8.55. The Labute approximate surface area is 142 Å². The van der Waals surface area contributed by atoms with Crippen molar-refractivity contribution in [2.45, 2.75) is 26.3 Å². The molecule has 1 aliphatic rings. The fourth-order valence-electron chi connectivity index (χ4n) is 2.61. The van der Waals surface area contributed by atoms with E-state index in [0.717, 1.165) is 34.7 Å². The zero-order chi connectivity index (χ0) is 16.6. The highest BCUT2D eigenvalue weighted by atomic mass is 32.1. The third-order valence-electron chi connectivity index (χ3n) is 4.29. The van der Waals surface area contributed by atoms with Gasteiger partial charge in [-0.3, -0.25) is 9.07 Å². The first kappa shape index (κ1) is 15.2. The van der Waals surface area contributed by atoms with Gasteiger partial charge in [-0.25, -0.2) is 9.97 Å². The summed E-state index contributed by atoms with van der Waals surface area (Å²) in [5.74, 6) is 0.523. The molecular formula is C16H17FN6S. The molecule has 6 nitrogen and oxygen atoms in total. The first-order chi connectivity index (χ1) is 11.7. The highest BCUT2D eigenvalue weighted by Crippen LogP contribution is 2.47. The molecule has 3 aromatic heterocycles. The van der Waals surface area contributed by atoms with Crippen molar-refractivity contribution in [1.82, 2.24) is 24.1 Å². The minimum absolute atomic E-state index is 0.192.